The van der Waals surface area contributed by atoms with Crippen molar-refractivity contribution in [3.63, 3.8) is 0 Å². The number of carbonyl (C=O) groups is 3. The molecule has 1 unspecified atom stereocenters. The Bertz CT molecular complexity index is 1140. The second kappa shape index (κ2) is 11.1. The van der Waals surface area contributed by atoms with E-state index >= 15 is 0 Å². The molecule has 0 bridgehead atoms. The van der Waals surface area contributed by atoms with E-state index in [1.807, 2.05) is 32.8 Å². The van der Waals surface area contributed by atoms with Gasteiger partial charge in [0.05, 0.1) is 18.2 Å². The zero-order valence-corrected chi connectivity index (χ0v) is 20.4. The largest absolute Gasteiger partial charge is 0.507 e. The molecule has 1 atom stereocenters. The number of rotatable bonds is 10. The highest BCUT2D eigenvalue weighted by Crippen LogP contribution is 2.40. The Balaban J connectivity index is 2.06. The maximum absolute atomic E-state index is 13.1. The maximum atomic E-state index is 13.1. The van der Waals surface area contributed by atoms with Crippen molar-refractivity contribution in [2.24, 2.45) is 5.73 Å². The van der Waals surface area contributed by atoms with Gasteiger partial charge < -0.3 is 30.1 Å². The number of carbonyl (C=O) groups excluding carboxylic acids is 3. The normalized spacial score (nSPS) is 17.2. The van der Waals surface area contributed by atoms with Crippen molar-refractivity contribution >= 4 is 23.4 Å². The number of ketones is 1. The van der Waals surface area contributed by atoms with E-state index in [0.29, 0.717) is 42.3 Å². The monoisotopic (exact) mass is 481 g/mol. The molecule has 1 saturated heterocycles. The minimum atomic E-state index is -0.785. The molecule has 1 aliphatic rings. The molecule has 2 aromatic carbocycles. The van der Waals surface area contributed by atoms with Crippen LogP contribution in [0.3, 0.4) is 0 Å². The van der Waals surface area contributed by atoms with Crippen LogP contribution in [-0.4, -0.2) is 72.9 Å². The number of primary amides is 1. The summed E-state index contributed by atoms with van der Waals surface area (Å²) < 4.78 is 10.9. The van der Waals surface area contributed by atoms with E-state index in [-0.39, 0.29) is 17.9 Å². The summed E-state index contributed by atoms with van der Waals surface area (Å²) in [5, 5.41) is 11.2. The van der Waals surface area contributed by atoms with Crippen LogP contribution in [0.15, 0.2) is 48.0 Å². The molecular formula is C26H31N3O6. The second-order valence-electron chi connectivity index (χ2n) is 8.53. The lowest BCUT2D eigenvalue weighted by atomic mass is 9.94. The SMILES string of the molecule is CCOc1ccc(/C(O)=C2\C(=O)C(=O)N(CCN(C)C)C2c2ccc(OCC(N)=O)cc2)cc1C. The Morgan fingerprint density at radius 1 is 1.11 bits per heavy atom. The van der Waals surface area contributed by atoms with Gasteiger partial charge in [0.25, 0.3) is 17.6 Å². The summed E-state index contributed by atoms with van der Waals surface area (Å²) in [6, 6.07) is 11.0. The lowest BCUT2D eigenvalue weighted by Gasteiger charge is -2.26. The highest BCUT2D eigenvalue weighted by Gasteiger charge is 2.45. The fourth-order valence-electron chi connectivity index (χ4n) is 3.94. The molecule has 3 rings (SSSR count). The van der Waals surface area contributed by atoms with Crippen LogP contribution in [0.4, 0.5) is 0 Å². The van der Waals surface area contributed by atoms with E-state index in [1.165, 1.54) is 4.90 Å². The van der Waals surface area contributed by atoms with Gasteiger partial charge in [-0.3, -0.25) is 14.4 Å². The average Bonchev–Trinajstić information content (AvgIpc) is 3.07. The van der Waals surface area contributed by atoms with E-state index in [9.17, 15) is 19.5 Å². The molecule has 186 valence electrons. The molecule has 2 aromatic rings. The first-order valence-corrected chi connectivity index (χ1v) is 11.3. The minimum absolute atomic E-state index is 0.0168. The summed E-state index contributed by atoms with van der Waals surface area (Å²) in [4.78, 5) is 40.5. The number of likely N-dealkylation sites (tertiary alicyclic amines) is 1. The van der Waals surface area contributed by atoms with Gasteiger partial charge in [0.2, 0.25) is 0 Å². The zero-order chi connectivity index (χ0) is 25.7. The summed E-state index contributed by atoms with van der Waals surface area (Å²) in [6.07, 6.45) is 0. The number of amides is 2. The molecule has 2 amide bonds. The van der Waals surface area contributed by atoms with Gasteiger partial charge >= 0.3 is 0 Å². The predicted octanol–water partition coefficient (Wildman–Crippen LogP) is 2.24. The maximum Gasteiger partial charge on any atom is 0.295 e. The molecule has 35 heavy (non-hydrogen) atoms. The van der Waals surface area contributed by atoms with Gasteiger partial charge in [-0.1, -0.05) is 12.1 Å². The topological polar surface area (TPSA) is 122 Å². The highest BCUT2D eigenvalue weighted by molar-refractivity contribution is 6.46. The van der Waals surface area contributed by atoms with Crippen LogP contribution in [0.2, 0.25) is 0 Å². The minimum Gasteiger partial charge on any atom is -0.507 e. The van der Waals surface area contributed by atoms with Gasteiger partial charge in [-0.15, -0.1) is 0 Å². The number of Topliss-reactive ketones (excluding diaryl/α,β-unsaturated/α-hetero) is 1. The van der Waals surface area contributed by atoms with E-state index in [1.54, 1.807) is 42.5 Å². The van der Waals surface area contributed by atoms with Crippen LogP contribution < -0.4 is 15.2 Å². The van der Waals surface area contributed by atoms with Crippen LogP contribution in [0.25, 0.3) is 5.76 Å². The second-order valence-corrected chi connectivity index (χ2v) is 8.53. The number of ether oxygens (including phenoxy) is 2. The number of nitrogens with zero attached hydrogens (tertiary/aromatic N) is 2. The number of hydrogen-bond acceptors (Lipinski definition) is 7. The third-order valence-electron chi connectivity index (χ3n) is 5.65. The Labute approximate surface area is 204 Å². The quantitative estimate of drug-likeness (QED) is 0.303. The van der Waals surface area contributed by atoms with E-state index in [4.69, 9.17) is 15.2 Å². The summed E-state index contributed by atoms with van der Waals surface area (Å²) >= 11 is 0. The molecule has 1 fully saturated rings. The Hall–Kier alpha value is -3.85. The summed E-state index contributed by atoms with van der Waals surface area (Å²) in [5.41, 5.74) is 6.98. The van der Waals surface area contributed by atoms with Crippen molar-refractivity contribution in [3.05, 3.63) is 64.7 Å². The number of nitrogens with two attached hydrogens (primary N) is 1. The summed E-state index contributed by atoms with van der Waals surface area (Å²) in [7, 11) is 3.75. The molecule has 1 aliphatic heterocycles. The molecule has 0 spiro atoms. The molecule has 9 nitrogen and oxygen atoms in total. The Kier molecular flexibility index (Phi) is 8.14. The van der Waals surface area contributed by atoms with E-state index < -0.39 is 23.6 Å². The van der Waals surface area contributed by atoms with Crippen LogP contribution in [-0.2, 0) is 14.4 Å². The summed E-state index contributed by atoms with van der Waals surface area (Å²) in [5.74, 6) is -1.17. The third-order valence-corrected chi connectivity index (χ3v) is 5.65. The number of aliphatic hydroxyl groups excluding tert-OH is 1. The fraction of sp³-hybridized carbons (Fsp3) is 0.346. The van der Waals surface area contributed by atoms with Gasteiger partial charge in [-0.05, 0) is 69.4 Å². The molecule has 1 heterocycles. The molecule has 9 heteroatoms. The first-order valence-electron chi connectivity index (χ1n) is 11.3. The third kappa shape index (κ3) is 5.81. The van der Waals surface area contributed by atoms with Crippen molar-refractivity contribution in [1.82, 2.24) is 9.80 Å². The van der Waals surface area contributed by atoms with Gasteiger partial charge in [-0.25, -0.2) is 0 Å². The van der Waals surface area contributed by atoms with Gasteiger partial charge in [0, 0.05) is 18.7 Å². The fourth-order valence-corrected chi connectivity index (χ4v) is 3.94. The molecule has 0 saturated carbocycles. The zero-order valence-electron chi connectivity index (χ0n) is 20.4. The highest BCUT2D eigenvalue weighted by atomic mass is 16.5. The van der Waals surface area contributed by atoms with Crippen molar-refractivity contribution in [2.45, 2.75) is 19.9 Å². The lowest BCUT2D eigenvalue weighted by Crippen LogP contribution is -2.35. The van der Waals surface area contributed by atoms with Crippen molar-refractivity contribution in [1.29, 1.82) is 0 Å². The van der Waals surface area contributed by atoms with Crippen molar-refractivity contribution in [3.8, 4) is 11.5 Å². The standard InChI is InChI=1S/C26H31N3O6/c1-5-34-20-11-8-18(14-16(20)2)24(31)22-23(29(13-12-28(3)4)26(33)25(22)32)17-6-9-19(10-7-17)35-15-21(27)30/h6-11,14,23,31H,5,12-13,15H2,1-4H3,(H2,27,30)/b24-22+. The number of benzene rings is 2. The molecule has 0 aromatic heterocycles. The van der Waals surface area contributed by atoms with E-state index in [0.717, 1.165) is 5.56 Å². The number of aliphatic hydroxyl groups is 1. The molecule has 0 radical (unpaired) electrons. The van der Waals surface area contributed by atoms with Crippen molar-refractivity contribution < 1.29 is 29.0 Å². The number of likely N-dealkylation sites (N-methyl/N-ethyl adjacent to an activating group) is 1. The van der Waals surface area contributed by atoms with Gasteiger partial charge in [-0.2, -0.15) is 0 Å². The first-order chi connectivity index (χ1) is 16.6. The van der Waals surface area contributed by atoms with Gasteiger partial charge in [0.15, 0.2) is 6.61 Å². The van der Waals surface area contributed by atoms with Gasteiger partial charge in [0.1, 0.15) is 17.3 Å². The molecule has 0 aliphatic carbocycles. The molecule has 3 N–H and O–H groups in total. The van der Waals surface area contributed by atoms with Crippen LogP contribution in [0, 0.1) is 6.92 Å². The lowest BCUT2D eigenvalue weighted by molar-refractivity contribution is -0.140. The summed E-state index contributed by atoms with van der Waals surface area (Å²) in [6.45, 7) is 4.79. The molecular weight excluding hydrogens is 450 g/mol. The number of hydrogen-bond donors (Lipinski definition) is 2. The predicted molar refractivity (Wildman–Crippen MR) is 131 cm³/mol. The average molecular weight is 482 g/mol. The smallest absolute Gasteiger partial charge is 0.295 e. The Morgan fingerprint density at radius 3 is 2.37 bits per heavy atom. The van der Waals surface area contributed by atoms with Crippen LogP contribution in [0.1, 0.15) is 29.7 Å². The van der Waals surface area contributed by atoms with Crippen LogP contribution >= 0.6 is 0 Å². The number of aryl methyl sites for hydroxylation is 1. The Morgan fingerprint density at radius 2 is 1.80 bits per heavy atom. The van der Waals surface area contributed by atoms with Crippen LogP contribution in [0.5, 0.6) is 11.5 Å². The van der Waals surface area contributed by atoms with Crippen molar-refractivity contribution in [2.75, 3.05) is 40.4 Å². The van der Waals surface area contributed by atoms with E-state index in [2.05, 4.69) is 0 Å². The first kappa shape index (κ1) is 25.8.